The van der Waals surface area contributed by atoms with E-state index in [0.717, 1.165) is 13.2 Å². The predicted molar refractivity (Wildman–Crippen MR) is 51.0 cm³/mol. The minimum Gasteiger partial charge on any atom is -0.402 e. The van der Waals surface area contributed by atoms with E-state index in [1.807, 2.05) is 0 Å². The van der Waals surface area contributed by atoms with Crippen molar-refractivity contribution in [3.63, 3.8) is 0 Å². The molecule has 9 heteroatoms. The topological polar surface area (TPSA) is 112 Å². The SMILES string of the molecule is C=CC(=O)OC(COC)(OC)OP(=O)(O)O. The third-order valence-electron chi connectivity index (χ3n) is 1.31. The third kappa shape index (κ3) is 5.36. The molecule has 0 amide bonds. The molecule has 1 unspecified atom stereocenters. The Labute approximate surface area is 92.0 Å². The van der Waals surface area contributed by atoms with Gasteiger partial charge in [-0.15, -0.1) is 0 Å². The highest BCUT2D eigenvalue weighted by Gasteiger charge is 2.42. The van der Waals surface area contributed by atoms with Crippen LogP contribution in [0.1, 0.15) is 0 Å². The number of rotatable bonds is 7. The zero-order chi connectivity index (χ0) is 12.8. The van der Waals surface area contributed by atoms with E-state index in [2.05, 4.69) is 25.3 Å². The Morgan fingerprint density at radius 1 is 1.50 bits per heavy atom. The summed E-state index contributed by atoms with van der Waals surface area (Å²) in [5.41, 5.74) is 0. The van der Waals surface area contributed by atoms with Crippen LogP contribution >= 0.6 is 7.82 Å². The first-order valence-electron chi connectivity index (χ1n) is 3.94. The van der Waals surface area contributed by atoms with Crippen molar-refractivity contribution < 1.29 is 37.9 Å². The number of phosphoric ester groups is 1. The second-order valence-corrected chi connectivity index (χ2v) is 3.69. The summed E-state index contributed by atoms with van der Waals surface area (Å²) in [6, 6.07) is 0. The van der Waals surface area contributed by atoms with E-state index in [1.54, 1.807) is 0 Å². The lowest BCUT2D eigenvalue weighted by Crippen LogP contribution is -2.43. The number of carbonyl (C=O) groups excluding carboxylic acids is 1. The summed E-state index contributed by atoms with van der Waals surface area (Å²) in [4.78, 5) is 28.2. The van der Waals surface area contributed by atoms with Crippen molar-refractivity contribution in [2.45, 2.75) is 5.97 Å². The van der Waals surface area contributed by atoms with Crippen molar-refractivity contribution >= 4 is 13.8 Å². The van der Waals surface area contributed by atoms with Crippen molar-refractivity contribution in [1.29, 1.82) is 0 Å². The molecule has 0 aromatic carbocycles. The van der Waals surface area contributed by atoms with Gasteiger partial charge in [0, 0.05) is 20.3 Å². The van der Waals surface area contributed by atoms with Gasteiger partial charge in [-0.05, 0) is 0 Å². The van der Waals surface area contributed by atoms with E-state index < -0.39 is 26.4 Å². The van der Waals surface area contributed by atoms with Gasteiger partial charge in [0.25, 0.3) is 0 Å². The van der Waals surface area contributed by atoms with Crippen molar-refractivity contribution in [2.24, 2.45) is 0 Å². The lowest BCUT2D eigenvalue weighted by atomic mass is 10.5. The summed E-state index contributed by atoms with van der Waals surface area (Å²) in [6.07, 6.45) is 0.784. The van der Waals surface area contributed by atoms with Gasteiger partial charge in [-0.3, -0.25) is 0 Å². The van der Waals surface area contributed by atoms with Crippen LogP contribution in [0.5, 0.6) is 0 Å². The number of ether oxygens (including phenoxy) is 3. The first-order valence-corrected chi connectivity index (χ1v) is 5.47. The van der Waals surface area contributed by atoms with Gasteiger partial charge in [-0.25, -0.2) is 13.9 Å². The largest absolute Gasteiger partial charge is 0.474 e. The van der Waals surface area contributed by atoms with Crippen LogP contribution < -0.4 is 0 Å². The fourth-order valence-electron chi connectivity index (χ4n) is 0.765. The monoisotopic (exact) mass is 256 g/mol. The minimum atomic E-state index is -4.92. The van der Waals surface area contributed by atoms with Crippen LogP contribution in [0.2, 0.25) is 0 Å². The molecule has 1 atom stereocenters. The molecule has 0 aromatic rings. The molecule has 2 N–H and O–H groups in total. The van der Waals surface area contributed by atoms with Gasteiger partial charge in [0.05, 0.1) is 0 Å². The average molecular weight is 256 g/mol. The Hall–Kier alpha value is -0.760. The van der Waals surface area contributed by atoms with Crippen LogP contribution in [-0.2, 0) is 28.1 Å². The molecule has 0 aromatic heterocycles. The molecule has 0 saturated carbocycles. The van der Waals surface area contributed by atoms with Crippen molar-refractivity contribution in [3.8, 4) is 0 Å². The first-order chi connectivity index (χ1) is 7.28. The summed E-state index contributed by atoms with van der Waals surface area (Å²) in [5, 5.41) is 0. The second-order valence-electron chi connectivity index (χ2n) is 2.53. The van der Waals surface area contributed by atoms with E-state index in [9.17, 15) is 9.36 Å². The molecule has 0 saturated heterocycles. The maximum Gasteiger partial charge on any atom is 0.474 e. The first kappa shape index (κ1) is 15.2. The van der Waals surface area contributed by atoms with Crippen molar-refractivity contribution in [1.82, 2.24) is 0 Å². The van der Waals surface area contributed by atoms with Crippen molar-refractivity contribution in [2.75, 3.05) is 20.8 Å². The van der Waals surface area contributed by atoms with Gasteiger partial charge in [0.1, 0.15) is 6.61 Å². The van der Waals surface area contributed by atoms with E-state index in [-0.39, 0.29) is 0 Å². The molecular weight excluding hydrogens is 243 g/mol. The summed E-state index contributed by atoms with van der Waals surface area (Å²) >= 11 is 0. The predicted octanol–water partition coefficient (Wildman–Crippen LogP) is -0.229. The van der Waals surface area contributed by atoms with Crippen LogP contribution in [-0.4, -0.2) is 42.6 Å². The maximum absolute atomic E-state index is 10.9. The van der Waals surface area contributed by atoms with E-state index >= 15 is 0 Å². The molecule has 0 aliphatic heterocycles. The van der Waals surface area contributed by atoms with Gasteiger partial charge in [-0.2, -0.15) is 0 Å². The number of methoxy groups -OCH3 is 2. The van der Waals surface area contributed by atoms with Crippen LogP contribution in [0.25, 0.3) is 0 Å². The zero-order valence-corrected chi connectivity index (χ0v) is 9.68. The Morgan fingerprint density at radius 3 is 2.38 bits per heavy atom. The normalized spacial score (nSPS) is 15.2. The number of hydrogen-bond donors (Lipinski definition) is 2. The van der Waals surface area contributed by atoms with Crippen LogP contribution in [0.15, 0.2) is 12.7 Å². The Balaban J connectivity index is 4.90. The molecule has 0 spiro atoms. The molecule has 16 heavy (non-hydrogen) atoms. The molecule has 8 nitrogen and oxygen atoms in total. The Kier molecular flexibility index (Phi) is 5.80. The number of carbonyl (C=O) groups is 1. The summed E-state index contributed by atoms with van der Waals surface area (Å²) in [5.74, 6) is -3.29. The van der Waals surface area contributed by atoms with Gasteiger partial charge < -0.3 is 24.0 Å². The maximum atomic E-state index is 10.9. The molecule has 0 aliphatic carbocycles. The highest BCUT2D eigenvalue weighted by molar-refractivity contribution is 7.46. The smallest absolute Gasteiger partial charge is 0.402 e. The summed E-state index contributed by atoms with van der Waals surface area (Å²) in [6.45, 7) is 2.60. The number of phosphoric acid groups is 1. The number of esters is 1. The van der Waals surface area contributed by atoms with E-state index in [4.69, 9.17) is 9.79 Å². The fourth-order valence-corrected chi connectivity index (χ4v) is 1.29. The van der Waals surface area contributed by atoms with Gasteiger partial charge >= 0.3 is 19.8 Å². The molecule has 0 rings (SSSR count). The molecule has 0 bridgehead atoms. The second kappa shape index (κ2) is 6.09. The van der Waals surface area contributed by atoms with E-state index in [1.165, 1.54) is 7.11 Å². The fraction of sp³-hybridized carbons (Fsp3) is 0.571. The third-order valence-corrected chi connectivity index (χ3v) is 1.83. The Bertz CT molecular complexity index is 297. The van der Waals surface area contributed by atoms with Crippen molar-refractivity contribution in [3.05, 3.63) is 12.7 Å². The van der Waals surface area contributed by atoms with Gasteiger partial charge in [0.15, 0.2) is 0 Å². The van der Waals surface area contributed by atoms with Gasteiger partial charge in [-0.1, -0.05) is 6.58 Å². The highest BCUT2D eigenvalue weighted by Crippen LogP contribution is 2.42. The average Bonchev–Trinajstić information content (AvgIpc) is 2.15. The molecule has 0 heterocycles. The molecule has 0 aliphatic rings. The van der Waals surface area contributed by atoms with Crippen LogP contribution in [0, 0.1) is 0 Å². The minimum absolute atomic E-state index is 0.520. The van der Waals surface area contributed by atoms with Crippen LogP contribution in [0.3, 0.4) is 0 Å². The number of hydrogen-bond acceptors (Lipinski definition) is 6. The van der Waals surface area contributed by atoms with Crippen LogP contribution in [0.4, 0.5) is 0 Å². The quantitative estimate of drug-likeness (QED) is 0.278. The summed E-state index contributed by atoms with van der Waals surface area (Å²) in [7, 11) is -2.68. The lowest BCUT2D eigenvalue weighted by Gasteiger charge is -2.29. The Morgan fingerprint density at radius 2 is 2.06 bits per heavy atom. The summed E-state index contributed by atoms with van der Waals surface area (Å²) < 4.78 is 28.6. The zero-order valence-electron chi connectivity index (χ0n) is 8.78. The molecule has 0 radical (unpaired) electrons. The lowest BCUT2D eigenvalue weighted by molar-refractivity contribution is -0.333. The molecular formula is C7H13O8P. The van der Waals surface area contributed by atoms with E-state index in [0.29, 0.717) is 0 Å². The molecule has 94 valence electrons. The van der Waals surface area contributed by atoms with Gasteiger partial charge in [0.2, 0.25) is 0 Å². The highest BCUT2D eigenvalue weighted by atomic mass is 31.2. The molecule has 0 fully saturated rings. The standard InChI is InChI=1S/C7H13O8P/c1-4-6(8)14-7(13-3,5-12-2)15-16(9,10)11/h4H,1,5H2,2-3H3,(H2,9,10,11).